The molecule has 1 saturated heterocycles. The van der Waals surface area contributed by atoms with E-state index in [2.05, 4.69) is 43.5 Å². The molecule has 3 aromatic heterocycles. The average molecular weight is 492 g/mol. The third-order valence-electron chi connectivity index (χ3n) is 6.76. The van der Waals surface area contributed by atoms with E-state index in [0.29, 0.717) is 24.0 Å². The third-order valence-corrected chi connectivity index (χ3v) is 7.49. The van der Waals surface area contributed by atoms with Gasteiger partial charge < -0.3 is 19.1 Å². The van der Waals surface area contributed by atoms with Crippen LogP contribution in [0.1, 0.15) is 40.2 Å². The number of methoxy groups -OCH3 is 1. The summed E-state index contributed by atoms with van der Waals surface area (Å²) in [6, 6.07) is 9.20. The molecule has 8 heteroatoms. The number of aromatic carboxylic acids is 1. The number of carboxylic acid groups (broad SMARTS) is 1. The molecule has 4 heterocycles. The van der Waals surface area contributed by atoms with Crippen molar-refractivity contribution in [1.29, 1.82) is 0 Å². The van der Waals surface area contributed by atoms with Crippen molar-refractivity contribution in [2.75, 3.05) is 33.4 Å². The summed E-state index contributed by atoms with van der Waals surface area (Å²) in [6.07, 6.45) is 8.36. The molecule has 1 aromatic carbocycles. The number of fused-ring (bicyclic) bond motifs is 1. The number of benzene rings is 1. The molecule has 0 aliphatic carbocycles. The molecule has 5 rings (SSSR count). The second-order valence-corrected chi connectivity index (χ2v) is 9.65. The summed E-state index contributed by atoms with van der Waals surface area (Å²) >= 11 is 1.73. The van der Waals surface area contributed by atoms with E-state index in [9.17, 15) is 9.90 Å². The van der Waals surface area contributed by atoms with Crippen molar-refractivity contribution in [1.82, 2.24) is 14.5 Å². The molecule has 0 spiro atoms. The van der Waals surface area contributed by atoms with Crippen molar-refractivity contribution in [3.8, 4) is 11.5 Å². The number of carbonyl (C=O) groups is 1. The summed E-state index contributed by atoms with van der Waals surface area (Å²) in [7, 11) is 1.52. The van der Waals surface area contributed by atoms with Crippen LogP contribution >= 0.6 is 11.3 Å². The van der Waals surface area contributed by atoms with Gasteiger partial charge in [-0.05, 0) is 84.1 Å². The van der Waals surface area contributed by atoms with E-state index < -0.39 is 5.97 Å². The lowest BCUT2D eigenvalue weighted by Crippen LogP contribution is -2.35. The summed E-state index contributed by atoms with van der Waals surface area (Å²) in [5.74, 6) is 0.374. The number of carboxylic acids is 1. The van der Waals surface area contributed by atoms with Crippen LogP contribution in [0.25, 0.3) is 10.9 Å². The van der Waals surface area contributed by atoms with Gasteiger partial charge in [0, 0.05) is 30.9 Å². The number of rotatable bonds is 9. The lowest BCUT2D eigenvalue weighted by molar-refractivity contribution is 0.0690. The summed E-state index contributed by atoms with van der Waals surface area (Å²) in [6.45, 7) is 4.06. The maximum atomic E-state index is 11.6. The molecule has 1 fully saturated rings. The van der Waals surface area contributed by atoms with Crippen molar-refractivity contribution in [2.45, 2.75) is 25.3 Å². The maximum absolute atomic E-state index is 11.6. The van der Waals surface area contributed by atoms with E-state index in [-0.39, 0.29) is 5.56 Å². The van der Waals surface area contributed by atoms with Crippen molar-refractivity contribution in [3.05, 3.63) is 76.4 Å². The minimum atomic E-state index is -1.02. The highest BCUT2D eigenvalue weighted by molar-refractivity contribution is 7.07. The van der Waals surface area contributed by atoms with Crippen molar-refractivity contribution in [3.63, 3.8) is 0 Å². The molecule has 0 unspecified atom stereocenters. The number of thiophene rings is 1. The Balaban J connectivity index is 1.20. The van der Waals surface area contributed by atoms with Gasteiger partial charge >= 0.3 is 5.97 Å². The Kier molecular flexibility index (Phi) is 7.01. The van der Waals surface area contributed by atoms with Gasteiger partial charge in [-0.15, -0.1) is 0 Å². The zero-order valence-electron chi connectivity index (χ0n) is 19.7. The Morgan fingerprint density at radius 3 is 2.83 bits per heavy atom. The van der Waals surface area contributed by atoms with Gasteiger partial charge in [-0.25, -0.2) is 4.79 Å². The standard InChI is InChI=1S/C27H29N3O4S/c1-33-21-2-3-26(23(14-21)27(31)32)34-12-11-29-9-5-20(6-10-29)24-17-30(16-19-7-13-35-18-19)25-15-28-8-4-22(24)25/h2-4,7-8,13-15,17-18,20H,5-6,9-12,16H2,1H3,(H,31,32). The summed E-state index contributed by atoms with van der Waals surface area (Å²) < 4.78 is 13.3. The first-order valence-corrected chi connectivity index (χ1v) is 12.8. The first kappa shape index (κ1) is 23.4. The number of nitrogens with zero attached hydrogens (tertiary/aromatic N) is 3. The van der Waals surface area contributed by atoms with E-state index in [4.69, 9.17) is 9.47 Å². The fraction of sp³-hybridized carbons (Fsp3) is 0.333. The minimum absolute atomic E-state index is 0.122. The van der Waals surface area contributed by atoms with E-state index in [1.807, 2.05) is 12.4 Å². The highest BCUT2D eigenvalue weighted by Crippen LogP contribution is 2.34. The number of pyridine rings is 1. The number of piperidine rings is 1. The van der Waals surface area contributed by atoms with Gasteiger partial charge in [0.15, 0.2) is 0 Å². The predicted octanol–water partition coefficient (Wildman–Crippen LogP) is 5.11. The molecule has 0 atom stereocenters. The molecular weight excluding hydrogens is 462 g/mol. The molecule has 35 heavy (non-hydrogen) atoms. The van der Waals surface area contributed by atoms with E-state index >= 15 is 0 Å². The van der Waals surface area contributed by atoms with Gasteiger partial charge in [0.25, 0.3) is 0 Å². The van der Waals surface area contributed by atoms with Crippen LogP contribution in [0, 0.1) is 0 Å². The fourth-order valence-corrected chi connectivity index (χ4v) is 5.54. The molecule has 1 aliphatic heterocycles. The molecule has 1 N–H and O–H groups in total. The topological polar surface area (TPSA) is 76.8 Å². The summed E-state index contributed by atoms with van der Waals surface area (Å²) in [5, 5.41) is 15.1. The maximum Gasteiger partial charge on any atom is 0.339 e. The number of likely N-dealkylation sites (tertiary alicyclic amines) is 1. The van der Waals surface area contributed by atoms with Crippen molar-refractivity contribution < 1.29 is 19.4 Å². The highest BCUT2D eigenvalue weighted by Gasteiger charge is 2.24. The zero-order chi connectivity index (χ0) is 24.2. The quantitative estimate of drug-likeness (QED) is 0.351. The Morgan fingerprint density at radius 2 is 2.09 bits per heavy atom. The number of aromatic nitrogens is 2. The van der Waals surface area contributed by atoms with Crippen LogP contribution in [-0.4, -0.2) is 58.9 Å². The normalized spacial score (nSPS) is 14.9. The Labute approximate surface area is 208 Å². The molecule has 4 aromatic rings. The van der Waals surface area contributed by atoms with Crippen LogP contribution in [0.3, 0.4) is 0 Å². The lowest BCUT2D eigenvalue weighted by Gasteiger charge is -2.31. The molecule has 0 radical (unpaired) electrons. The SMILES string of the molecule is COc1ccc(OCCN2CCC(c3cn(Cc4ccsc4)c4cnccc34)CC2)c(C(=O)O)c1. The smallest absolute Gasteiger partial charge is 0.339 e. The van der Waals surface area contributed by atoms with Crippen LogP contribution in [0.5, 0.6) is 11.5 Å². The molecule has 0 bridgehead atoms. The Morgan fingerprint density at radius 1 is 1.23 bits per heavy atom. The largest absolute Gasteiger partial charge is 0.497 e. The minimum Gasteiger partial charge on any atom is -0.497 e. The number of hydrogen-bond acceptors (Lipinski definition) is 6. The molecule has 1 aliphatic rings. The van der Waals surface area contributed by atoms with Gasteiger partial charge in [-0.2, -0.15) is 11.3 Å². The first-order valence-electron chi connectivity index (χ1n) is 11.8. The molecule has 182 valence electrons. The molecule has 0 amide bonds. The summed E-state index contributed by atoms with van der Waals surface area (Å²) in [5.41, 5.74) is 4.05. The van der Waals surface area contributed by atoms with Gasteiger partial charge in [0.05, 0.1) is 18.8 Å². The van der Waals surface area contributed by atoms with E-state index in [1.165, 1.54) is 35.2 Å². The van der Waals surface area contributed by atoms with Gasteiger partial charge in [0.1, 0.15) is 23.7 Å². The van der Waals surface area contributed by atoms with Gasteiger partial charge in [-0.3, -0.25) is 9.88 Å². The molecule has 0 saturated carbocycles. The second kappa shape index (κ2) is 10.5. The van der Waals surface area contributed by atoms with E-state index in [1.54, 1.807) is 23.5 Å². The van der Waals surface area contributed by atoms with Crippen molar-refractivity contribution in [2.24, 2.45) is 0 Å². The second-order valence-electron chi connectivity index (χ2n) is 8.87. The first-order chi connectivity index (χ1) is 17.1. The highest BCUT2D eigenvalue weighted by atomic mass is 32.1. The third kappa shape index (κ3) is 5.18. The lowest BCUT2D eigenvalue weighted by atomic mass is 9.89. The van der Waals surface area contributed by atoms with Gasteiger partial charge in [-0.1, -0.05) is 0 Å². The van der Waals surface area contributed by atoms with Crippen LogP contribution in [0.4, 0.5) is 0 Å². The Bertz CT molecular complexity index is 1290. The molecule has 7 nitrogen and oxygen atoms in total. The summed E-state index contributed by atoms with van der Waals surface area (Å²) in [4.78, 5) is 18.3. The predicted molar refractivity (Wildman–Crippen MR) is 137 cm³/mol. The Hall–Kier alpha value is -3.36. The average Bonchev–Trinajstić information content (AvgIpc) is 3.53. The number of ether oxygens (including phenoxy) is 2. The molecular formula is C27H29N3O4S. The van der Waals surface area contributed by atoms with Gasteiger partial charge in [0.2, 0.25) is 0 Å². The zero-order valence-corrected chi connectivity index (χ0v) is 20.5. The van der Waals surface area contributed by atoms with Crippen molar-refractivity contribution >= 4 is 28.2 Å². The van der Waals surface area contributed by atoms with Crippen LogP contribution < -0.4 is 9.47 Å². The van der Waals surface area contributed by atoms with Crippen LogP contribution in [0.15, 0.2) is 59.7 Å². The van der Waals surface area contributed by atoms with Crippen LogP contribution in [0.2, 0.25) is 0 Å². The number of hydrogen-bond donors (Lipinski definition) is 1. The monoisotopic (exact) mass is 491 g/mol. The fourth-order valence-electron chi connectivity index (χ4n) is 4.88. The van der Waals surface area contributed by atoms with E-state index in [0.717, 1.165) is 39.0 Å². The van der Waals surface area contributed by atoms with Crippen LogP contribution in [-0.2, 0) is 6.54 Å².